The van der Waals surface area contributed by atoms with Gasteiger partial charge in [0.1, 0.15) is 5.82 Å². The first-order valence-corrected chi connectivity index (χ1v) is 4.91. The lowest BCUT2D eigenvalue weighted by Gasteiger charge is -2.05. The van der Waals surface area contributed by atoms with Gasteiger partial charge >= 0.3 is 5.69 Å². The van der Waals surface area contributed by atoms with Crippen LogP contribution in [0.5, 0.6) is 0 Å². The van der Waals surface area contributed by atoms with Crippen LogP contribution in [0, 0.1) is 10.1 Å². The minimum absolute atomic E-state index is 0.0999. The van der Waals surface area contributed by atoms with E-state index in [0.717, 1.165) is 6.42 Å². The molecule has 4 N–H and O–H groups in total. The van der Waals surface area contributed by atoms with Crippen molar-refractivity contribution in [2.75, 3.05) is 24.2 Å². The maximum Gasteiger partial charge on any atom is 0.311 e. The zero-order valence-electron chi connectivity index (χ0n) is 8.72. The van der Waals surface area contributed by atoms with Crippen molar-refractivity contribution < 1.29 is 10.0 Å². The number of nitrogen functional groups attached to an aromatic ring is 1. The van der Waals surface area contributed by atoms with E-state index in [2.05, 4.69) is 10.3 Å². The number of pyridine rings is 1. The SMILES string of the molecule is Nc1nc(NCCCCO)ccc1[N+](=O)[O-]. The number of nitrogens with one attached hydrogen (secondary N) is 1. The van der Waals surface area contributed by atoms with Crippen molar-refractivity contribution in [3.05, 3.63) is 22.2 Å². The third kappa shape index (κ3) is 3.35. The van der Waals surface area contributed by atoms with Crippen molar-refractivity contribution in [1.29, 1.82) is 0 Å². The fraction of sp³-hybridized carbons (Fsp3) is 0.444. The van der Waals surface area contributed by atoms with Gasteiger partial charge in [0.15, 0.2) is 0 Å². The van der Waals surface area contributed by atoms with Crippen LogP contribution in [-0.4, -0.2) is 28.2 Å². The Labute approximate surface area is 92.4 Å². The van der Waals surface area contributed by atoms with Crippen molar-refractivity contribution in [3.63, 3.8) is 0 Å². The highest BCUT2D eigenvalue weighted by molar-refractivity contribution is 5.57. The van der Waals surface area contributed by atoms with E-state index in [-0.39, 0.29) is 18.1 Å². The molecule has 1 aromatic rings. The number of aliphatic hydroxyl groups excluding tert-OH is 1. The van der Waals surface area contributed by atoms with Crippen molar-refractivity contribution >= 4 is 17.3 Å². The van der Waals surface area contributed by atoms with Crippen molar-refractivity contribution in [2.24, 2.45) is 0 Å². The Kier molecular flexibility index (Phi) is 4.46. The lowest BCUT2D eigenvalue weighted by Crippen LogP contribution is -2.06. The summed E-state index contributed by atoms with van der Waals surface area (Å²) in [5, 5.41) is 22.0. The van der Waals surface area contributed by atoms with E-state index in [9.17, 15) is 10.1 Å². The van der Waals surface area contributed by atoms with E-state index in [4.69, 9.17) is 10.8 Å². The third-order valence-electron chi connectivity index (χ3n) is 1.99. The predicted octanol–water partition coefficient (Wildman–Crippen LogP) is 0.756. The molecule has 0 aliphatic heterocycles. The summed E-state index contributed by atoms with van der Waals surface area (Å²) in [5.74, 6) is 0.401. The summed E-state index contributed by atoms with van der Waals surface area (Å²) in [5.41, 5.74) is 5.23. The Morgan fingerprint density at radius 3 is 2.81 bits per heavy atom. The van der Waals surface area contributed by atoms with Gasteiger partial charge in [0, 0.05) is 19.2 Å². The summed E-state index contributed by atoms with van der Waals surface area (Å²) >= 11 is 0. The molecule has 0 amide bonds. The number of hydrogen-bond acceptors (Lipinski definition) is 6. The Hall–Kier alpha value is -1.89. The lowest BCUT2D eigenvalue weighted by molar-refractivity contribution is -0.384. The molecule has 0 aliphatic carbocycles. The van der Waals surface area contributed by atoms with Gasteiger partial charge in [0.05, 0.1) is 4.92 Å². The molecule has 0 saturated carbocycles. The molecule has 88 valence electrons. The fourth-order valence-corrected chi connectivity index (χ4v) is 1.17. The molecule has 0 bridgehead atoms. The first-order chi connectivity index (χ1) is 7.65. The zero-order chi connectivity index (χ0) is 12.0. The van der Waals surface area contributed by atoms with Gasteiger partial charge < -0.3 is 16.2 Å². The molecule has 1 aromatic heterocycles. The second kappa shape index (κ2) is 5.86. The summed E-state index contributed by atoms with van der Waals surface area (Å²) in [4.78, 5) is 13.8. The quantitative estimate of drug-likeness (QED) is 0.374. The highest BCUT2D eigenvalue weighted by Crippen LogP contribution is 2.20. The van der Waals surface area contributed by atoms with Crippen LogP contribution >= 0.6 is 0 Å². The van der Waals surface area contributed by atoms with E-state index >= 15 is 0 Å². The number of hydrogen-bond donors (Lipinski definition) is 3. The topological polar surface area (TPSA) is 114 Å². The summed E-state index contributed by atoms with van der Waals surface area (Å²) in [7, 11) is 0. The Morgan fingerprint density at radius 1 is 1.50 bits per heavy atom. The van der Waals surface area contributed by atoms with E-state index in [1.165, 1.54) is 12.1 Å². The second-order valence-electron chi connectivity index (χ2n) is 3.22. The summed E-state index contributed by atoms with van der Waals surface area (Å²) in [6.45, 7) is 0.794. The minimum Gasteiger partial charge on any atom is -0.396 e. The molecule has 0 aromatic carbocycles. The number of rotatable bonds is 6. The molecule has 0 aliphatic rings. The molecular weight excluding hydrogens is 212 g/mol. The number of aliphatic hydroxyl groups is 1. The average molecular weight is 226 g/mol. The van der Waals surface area contributed by atoms with Crippen LogP contribution < -0.4 is 11.1 Å². The van der Waals surface area contributed by atoms with Crippen LogP contribution in [0.4, 0.5) is 17.3 Å². The van der Waals surface area contributed by atoms with Gasteiger partial charge in [0.25, 0.3) is 0 Å². The van der Waals surface area contributed by atoms with E-state index in [1.807, 2.05) is 0 Å². The van der Waals surface area contributed by atoms with Gasteiger partial charge in [-0.1, -0.05) is 0 Å². The predicted molar refractivity (Wildman–Crippen MR) is 60.1 cm³/mol. The standard InChI is InChI=1S/C9H14N4O3/c10-9-7(13(15)16)3-4-8(12-9)11-5-1-2-6-14/h3-4,14H,1-2,5-6H2,(H3,10,11,12). The maximum absolute atomic E-state index is 10.5. The lowest BCUT2D eigenvalue weighted by atomic mass is 10.3. The highest BCUT2D eigenvalue weighted by Gasteiger charge is 2.12. The molecule has 7 heteroatoms. The first-order valence-electron chi connectivity index (χ1n) is 4.91. The molecule has 0 radical (unpaired) electrons. The van der Waals surface area contributed by atoms with E-state index in [1.54, 1.807) is 0 Å². The minimum atomic E-state index is -0.572. The molecule has 0 fully saturated rings. The van der Waals surface area contributed by atoms with Gasteiger partial charge in [-0.2, -0.15) is 0 Å². The van der Waals surface area contributed by atoms with Gasteiger partial charge in [-0.25, -0.2) is 4.98 Å². The zero-order valence-corrected chi connectivity index (χ0v) is 8.72. The van der Waals surface area contributed by atoms with Gasteiger partial charge in [-0.05, 0) is 18.9 Å². The summed E-state index contributed by atoms with van der Waals surface area (Å²) in [6, 6.07) is 2.82. The normalized spacial score (nSPS) is 10.1. The molecule has 1 rings (SSSR count). The van der Waals surface area contributed by atoms with Crippen LogP contribution in [0.15, 0.2) is 12.1 Å². The smallest absolute Gasteiger partial charge is 0.311 e. The van der Waals surface area contributed by atoms with Crippen molar-refractivity contribution in [3.8, 4) is 0 Å². The largest absolute Gasteiger partial charge is 0.396 e. The number of nitrogens with two attached hydrogens (primary N) is 1. The molecule has 0 atom stereocenters. The molecule has 7 nitrogen and oxygen atoms in total. The number of nitrogens with zero attached hydrogens (tertiary/aromatic N) is 2. The fourth-order valence-electron chi connectivity index (χ4n) is 1.17. The van der Waals surface area contributed by atoms with Crippen LogP contribution in [0.25, 0.3) is 0 Å². The average Bonchev–Trinajstić information content (AvgIpc) is 2.24. The molecule has 0 saturated heterocycles. The number of nitro groups is 1. The van der Waals surface area contributed by atoms with Crippen molar-refractivity contribution in [2.45, 2.75) is 12.8 Å². The Morgan fingerprint density at radius 2 is 2.25 bits per heavy atom. The molecule has 0 unspecified atom stereocenters. The van der Waals surface area contributed by atoms with Crippen LogP contribution in [0.3, 0.4) is 0 Å². The molecule has 16 heavy (non-hydrogen) atoms. The van der Waals surface area contributed by atoms with Gasteiger partial charge in [0.2, 0.25) is 5.82 Å². The number of unbranched alkanes of at least 4 members (excludes halogenated alkanes) is 1. The van der Waals surface area contributed by atoms with E-state index in [0.29, 0.717) is 18.8 Å². The monoisotopic (exact) mass is 226 g/mol. The van der Waals surface area contributed by atoms with Gasteiger partial charge in [-0.3, -0.25) is 10.1 Å². The molecular formula is C9H14N4O3. The Balaban J connectivity index is 2.56. The van der Waals surface area contributed by atoms with Crippen LogP contribution in [0.1, 0.15) is 12.8 Å². The number of anilines is 2. The Bertz CT molecular complexity index is 370. The summed E-state index contributed by atoms with van der Waals surface area (Å²) in [6.07, 6.45) is 1.50. The van der Waals surface area contributed by atoms with Gasteiger partial charge in [-0.15, -0.1) is 0 Å². The second-order valence-corrected chi connectivity index (χ2v) is 3.22. The highest BCUT2D eigenvalue weighted by atomic mass is 16.6. The van der Waals surface area contributed by atoms with E-state index < -0.39 is 4.92 Å². The third-order valence-corrected chi connectivity index (χ3v) is 1.99. The van der Waals surface area contributed by atoms with Crippen LogP contribution in [-0.2, 0) is 0 Å². The van der Waals surface area contributed by atoms with Crippen LogP contribution in [0.2, 0.25) is 0 Å². The first kappa shape index (κ1) is 12.2. The van der Waals surface area contributed by atoms with Crippen molar-refractivity contribution in [1.82, 2.24) is 4.98 Å². The molecule has 1 heterocycles. The number of aromatic nitrogens is 1. The maximum atomic E-state index is 10.5. The summed E-state index contributed by atoms with van der Waals surface area (Å²) < 4.78 is 0. The molecule has 0 spiro atoms.